The van der Waals surface area contributed by atoms with Crippen LogP contribution in [0.2, 0.25) is 0 Å². The van der Waals surface area contributed by atoms with Gasteiger partial charge in [0.05, 0.1) is 6.61 Å². The highest BCUT2D eigenvalue weighted by Gasteiger charge is 2.30. The number of nitrogens with one attached hydrogen (secondary N) is 1. The summed E-state index contributed by atoms with van der Waals surface area (Å²) in [5, 5.41) is 2.81. The number of carbonyl (C=O) groups is 1. The van der Waals surface area contributed by atoms with E-state index < -0.39 is 0 Å². The van der Waals surface area contributed by atoms with Crippen LogP contribution in [0.5, 0.6) is 5.75 Å². The maximum atomic E-state index is 11.2. The molecule has 0 aliphatic rings. The van der Waals surface area contributed by atoms with Gasteiger partial charge < -0.3 is 10.1 Å². The maximum Gasteiger partial charge on any atom is 0.243 e. The van der Waals surface area contributed by atoms with Gasteiger partial charge in [-0.2, -0.15) is 0 Å². The standard InChI is InChI=1S/C25H41NO2/c1-11-21(27)26-14-12-13-15-28-22-19(24(5,6)7)16-18(23(2,3)4)17-20(22)25(8,9)10/h11,16-17H,1,12-15H2,2-10H3,(H,26,27). The summed E-state index contributed by atoms with van der Waals surface area (Å²) in [7, 11) is 0. The van der Waals surface area contributed by atoms with E-state index in [0.29, 0.717) is 13.2 Å². The van der Waals surface area contributed by atoms with E-state index in [0.717, 1.165) is 18.6 Å². The van der Waals surface area contributed by atoms with Gasteiger partial charge >= 0.3 is 0 Å². The van der Waals surface area contributed by atoms with Crippen LogP contribution in [0.25, 0.3) is 0 Å². The van der Waals surface area contributed by atoms with Gasteiger partial charge in [-0.15, -0.1) is 0 Å². The van der Waals surface area contributed by atoms with Gasteiger partial charge in [-0.05, 0) is 40.7 Å². The van der Waals surface area contributed by atoms with E-state index in [9.17, 15) is 4.79 Å². The monoisotopic (exact) mass is 387 g/mol. The molecule has 0 heterocycles. The van der Waals surface area contributed by atoms with Gasteiger partial charge in [0.2, 0.25) is 5.91 Å². The maximum absolute atomic E-state index is 11.2. The predicted molar refractivity (Wildman–Crippen MR) is 120 cm³/mol. The summed E-state index contributed by atoms with van der Waals surface area (Å²) in [6.07, 6.45) is 3.08. The fourth-order valence-corrected chi connectivity index (χ4v) is 3.02. The third kappa shape index (κ3) is 7.00. The molecule has 0 unspecified atom stereocenters. The first-order valence-electron chi connectivity index (χ1n) is 10.4. The summed E-state index contributed by atoms with van der Waals surface area (Å²) < 4.78 is 6.39. The van der Waals surface area contributed by atoms with Gasteiger partial charge in [-0.3, -0.25) is 4.79 Å². The zero-order chi connectivity index (χ0) is 21.8. The molecule has 0 aliphatic heterocycles. The number of amides is 1. The lowest BCUT2D eigenvalue weighted by Crippen LogP contribution is -2.24. The number of rotatable bonds is 7. The molecular weight excluding hydrogens is 346 g/mol. The van der Waals surface area contributed by atoms with Gasteiger partial charge in [0.1, 0.15) is 5.75 Å². The van der Waals surface area contributed by atoms with E-state index in [1.54, 1.807) is 0 Å². The molecule has 1 N–H and O–H groups in total. The van der Waals surface area contributed by atoms with Crippen molar-refractivity contribution in [1.82, 2.24) is 5.32 Å². The van der Waals surface area contributed by atoms with Crippen LogP contribution >= 0.6 is 0 Å². The van der Waals surface area contributed by atoms with Crippen LogP contribution in [0.15, 0.2) is 24.8 Å². The fourth-order valence-electron chi connectivity index (χ4n) is 3.02. The highest BCUT2D eigenvalue weighted by atomic mass is 16.5. The third-order valence-corrected chi connectivity index (χ3v) is 4.87. The van der Waals surface area contributed by atoms with Gasteiger partial charge in [0.15, 0.2) is 0 Å². The minimum Gasteiger partial charge on any atom is -0.493 e. The topological polar surface area (TPSA) is 38.3 Å². The van der Waals surface area contributed by atoms with E-state index in [-0.39, 0.29) is 22.2 Å². The second-order valence-electron chi connectivity index (χ2n) is 10.7. The Labute approximate surface area is 173 Å². The molecule has 0 spiro atoms. The van der Waals surface area contributed by atoms with E-state index in [1.807, 2.05) is 0 Å². The first-order valence-corrected chi connectivity index (χ1v) is 10.4. The van der Waals surface area contributed by atoms with E-state index >= 15 is 0 Å². The molecule has 0 aliphatic carbocycles. The summed E-state index contributed by atoms with van der Waals surface area (Å²) in [6, 6.07) is 4.66. The van der Waals surface area contributed by atoms with Gasteiger partial charge in [0.25, 0.3) is 0 Å². The second-order valence-corrected chi connectivity index (χ2v) is 10.7. The van der Waals surface area contributed by atoms with Crippen molar-refractivity contribution in [2.45, 2.75) is 91.4 Å². The molecule has 1 aromatic rings. The Kier molecular flexibility index (Phi) is 7.93. The van der Waals surface area contributed by atoms with Crippen LogP contribution in [0, 0.1) is 0 Å². The van der Waals surface area contributed by atoms with Crippen molar-refractivity contribution in [2.75, 3.05) is 13.2 Å². The first-order chi connectivity index (χ1) is 12.7. The largest absolute Gasteiger partial charge is 0.493 e. The van der Waals surface area contributed by atoms with Crippen molar-refractivity contribution in [1.29, 1.82) is 0 Å². The van der Waals surface area contributed by atoms with E-state index in [2.05, 4.69) is 86.3 Å². The number of hydrogen-bond donors (Lipinski definition) is 1. The molecule has 0 radical (unpaired) electrons. The lowest BCUT2D eigenvalue weighted by molar-refractivity contribution is -0.116. The number of hydrogen-bond acceptors (Lipinski definition) is 2. The van der Waals surface area contributed by atoms with E-state index in [4.69, 9.17) is 4.74 Å². The highest BCUT2D eigenvalue weighted by Crippen LogP contribution is 2.42. The number of carbonyl (C=O) groups excluding carboxylic acids is 1. The zero-order valence-electron chi connectivity index (χ0n) is 19.6. The Morgan fingerprint density at radius 2 is 1.43 bits per heavy atom. The SMILES string of the molecule is C=CC(=O)NCCCCOc1c(C(C)(C)C)cc(C(C)(C)C)cc1C(C)(C)C. The van der Waals surface area contributed by atoms with Crippen molar-refractivity contribution in [3.8, 4) is 5.75 Å². The van der Waals surface area contributed by atoms with Crippen LogP contribution < -0.4 is 10.1 Å². The Balaban J connectivity index is 3.14. The van der Waals surface area contributed by atoms with Gasteiger partial charge in [0, 0.05) is 17.7 Å². The molecule has 3 heteroatoms. The Morgan fingerprint density at radius 3 is 1.82 bits per heavy atom. The smallest absolute Gasteiger partial charge is 0.243 e. The van der Waals surface area contributed by atoms with Crippen molar-refractivity contribution in [3.05, 3.63) is 41.5 Å². The zero-order valence-corrected chi connectivity index (χ0v) is 19.6. The molecule has 0 atom stereocenters. The molecule has 158 valence electrons. The van der Waals surface area contributed by atoms with Gasteiger partial charge in [-0.25, -0.2) is 0 Å². The Morgan fingerprint density at radius 1 is 0.929 bits per heavy atom. The fraction of sp³-hybridized carbons (Fsp3) is 0.640. The molecule has 1 amide bonds. The Bertz CT molecular complexity index is 647. The van der Waals surface area contributed by atoms with Crippen molar-refractivity contribution >= 4 is 5.91 Å². The molecule has 1 aromatic carbocycles. The Hall–Kier alpha value is -1.77. The van der Waals surface area contributed by atoms with Crippen molar-refractivity contribution in [3.63, 3.8) is 0 Å². The summed E-state index contributed by atoms with van der Waals surface area (Å²) >= 11 is 0. The molecule has 0 saturated heterocycles. The third-order valence-electron chi connectivity index (χ3n) is 4.87. The number of benzene rings is 1. The molecule has 28 heavy (non-hydrogen) atoms. The van der Waals surface area contributed by atoms with E-state index in [1.165, 1.54) is 22.8 Å². The molecule has 1 rings (SSSR count). The van der Waals surface area contributed by atoms with Crippen LogP contribution in [0.1, 0.15) is 91.8 Å². The summed E-state index contributed by atoms with van der Waals surface area (Å²) in [5.41, 5.74) is 3.96. The van der Waals surface area contributed by atoms with Crippen molar-refractivity contribution < 1.29 is 9.53 Å². The predicted octanol–water partition coefficient (Wildman–Crippen LogP) is 6.04. The number of ether oxygens (including phenoxy) is 1. The van der Waals surface area contributed by atoms with Gasteiger partial charge in [-0.1, -0.05) is 81.0 Å². The average Bonchev–Trinajstić information content (AvgIpc) is 2.54. The summed E-state index contributed by atoms with van der Waals surface area (Å²) in [6.45, 7) is 25.0. The normalized spacial score (nSPS) is 12.6. The molecule has 0 bridgehead atoms. The number of unbranched alkanes of at least 4 members (excludes halogenated alkanes) is 1. The summed E-state index contributed by atoms with van der Waals surface area (Å²) in [5.74, 6) is 0.909. The summed E-state index contributed by atoms with van der Waals surface area (Å²) in [4.78, 5) is 11.2. The molecule has 3 nitrogen and oxygen atoms in total. The lowest BCUT2D eigenvalue weighted by atomic mass is 9.74. The van der Waals surface area contributed by atoms with Crippen LogP contribution in [-0.2, 0) is 21.0 Å². The van der Waals surface area contributed by atoms with Crippen LogP contribution in [0.4, 0.5) is 0 Å². The molecule has 0 fully saturated rings. The minimum atomic E-state index is -0.122. The molecular formula is C25H41NO2. The van der Waals surface area contributed by atoms with Crippen LogP contribution in [0.3, 0.4) is 0 Å². The second kappa shape index (κ2) is 9.15. The van der Waals surface area contributed by atoms with Crippen molar-refractivity contribution in [2.24, 2.45) is 0 Å². The average molecular weight is 388 g/mol. The molecule has 0 saturated carbocycles. The van der Waals surface area contributed by atoms with Crippen LogP contribution in [-0.4, -0.2) is 19.1 Å². The minimum absolute atomic E-state index is 0.00543. The highest BCUT2D eigenvalue weighted by molar-refractivity contribution is 5.86. The lowest BCUT2D eigenvalue weighted by Gasteiger charge is -2.33. The first kappa shape index (κ1) is 24.3. The molecule has 0 aromatic heterocycles. The quantitative estimate of drug-likeness (QED) is 0.457.